The Balaban J connectivity index is 3.02. The van der Waals surface area contributed by atoms with E-state index < -0.39 is 23.6 Å². The summed E-state index contributed by atoms with van der Waals surface area (Å²) >= 11 is 0. The summed E-state index contributed by atoms with van der Waals surface area (Å²) in [6, 6.07) is 5.60. The van der Waals surface area contributed by atoms with Crippen molar-refractivity contribution in [3.63, 3.8) is 0 Å². The fourth-order valence-electron chi connectivity index (χ4n) is 1.37. The second kappa shape index (κ2) is 5.71. The second-order valence-electron chi connectivity index (χ2n) is 4.41. The monoisotopic (exact) mass is 309 g/mol. The lowest BCUT2D eigenvalue weighted by Crippen LogP contribution is -2.43. The number of aliphatic hydroxyl groups excluding tert-OH is 1. The molecule has 0 radical (unpaired) electrons. The molecule has 0 fully saturated rings. The number of ketones is 1. The van der Waals surface area contributed by atoms with Crippen LogP contribution in [0.1, 0.15) is 5.56 Å². The maximum absolute atomic E-state index is 12.7. The van der Waals surface area contributed by atoms with Crippen molar-refractivity contribution in [3.05, 3.63) is 35.9 Å². The number of carbonyl (C=O) groups excluding carboxylic acids is 1. The minimum Gasteiger partial charge on any atom is -0.507 e. The molecule has 0 saturated carbocycles. The van der Waals surface area contributed by atoms with Gasteiger partial charge in [-0.1, -0.05) is 0 Å². The number of hydrogen-bond acceptors (Lipinski definition) is 3. The third kappa shape index (κ3) is 3.71. The first kappa shape index (κ1) is 16.9. The number of nitrogens with zero attached hydrogens (tertiary/aromatic N) is 1. The molecule has 3 nitrogen and oxygen atoms in total. The topological polar surface area (TPSA) is 40.5 Å². The van der Waals surface area contributed by atoms with Gasteiger partial charge in [-0.05, 0) is 24.3 Å². The quantitative estimate of drug-likeness (QED) is 0.526. The first-order valence-corrected chi connectivity index (χ1v) is 5.64. The lowest BCUT2D eigenvalue weighted by Gasteiger charge is -2.16. The highest BCUT2D eigenvalue weighted by Crippen LogP contribution is 2.36. The Morgan fingerprint density at radius 1 is 1.10 bits per heavy atom. The summed E-state index contributed by atoms with van der Waals surface area (Å²) in [5.41, 5.74) is 0.672. The van der Waals surface area contributed by atoms with Crippen molar-refractivity contribution in [2.75, 3.05) is 19.0 Å². The standard InChI is InChI=1S/C13H12F5NO2/c1-19(2)9-5-3-8(4-6-9)10(20)7-11(21)12(14,15)13(16,17)18/h3-7,20H,1-2H3/b10-7-. The molecule has 8 heteroatoms. The van der Waals surface area contributed by atoms with Crippen LogP contribution in [0, 0.1) is 0 Å². The van der Waals surface area contributed by atoms with Gasteiger partial charge in [0.2, 0.25) is 5.78 Å². The minimum absolute atomic E-state index is 0.0491. The molecule has 1 aromatic carbocycles. The van der Waals surface area contributed by atoms with Crippen LogP contribution >= 0.6 is 0 Å². The van der Waals surface area contributed by atoms with Gasteiger partial charge in [-0.25, -0.2) is 0 Å². The average Bonchev–Trinajstić information content (AvgIpc) is 2.37. The van der Waals surface area contributed by atoms with E-state index in [1.54, 1.807) is 19.0 Å². The molecule has 0 saturated heterocycles. The zero-order valence-electron chi connectivity index (χ0n) is 11.1. The molecule has 0 amide bonds. The number of benzene rings is 1. The van der Waals surface area contributed by atoms with E-state index in [9.17, 15) is 31.9 Å². The van der Waals surface area contributed by atoms with Gasteiger partial charge in [0.15, 0.2) is 0 Å². The Kier molecular flexibility index (Phi) is 4.60. The Morgan fingerprint density at radius 3 is 1.95 bits per heavy atom. The molecule has 0 unspecified atom stereocenters. The largest absolute Gasteiger partial charge is 0.507 e. The van der Waals surface area contributed by atoms with Gasteiger partial charge in [0, 0.05) is 31.4 Å². The molecule has 0 bridgehead atoms. The van der Waals surface area contributed by atoms with Crippen molar-refractivity contribution in [2.45, 2.75) is 12.1 Å². The van der Waals surface area contributed by atoms with E-state index in [4.69, 9.17) is 0 Å². The fraction of sp³-hybridized carbons (Fsp3) is 0.308. The van der Waals surface area contributed by atoms with E-state index in [2.05, 4.69) is 0 Å². The SMILES string of the molecule is CN(C)c1ccc(/C(O)=C/C(=O)C(F)(F)C(F)(F)F)cc1. The van der Waals surface area contributed by atoms with E-state index in [0.29, 0.717) is 0 Å². The third-order valence-electron chi connectivity index (χ3n) is 2.61. The second-order valence-corrected chi connectivity index (χ2v) is 4.41. The van der Waals surface area contributed by atoms with Gasteiger partial charge in [0.1, 0.15) is 5.76 Å². The number of allylic oxidation sites excluding steroid dienone is 1. The molecule has 0 aliphatic rings. The Morgan fingerprint density at radius 2 is 1.57 bits per heavy atom. The Hall–Kier alpha value is -2.12. The van der Waals surface area contributed by atoms with Crippen LogP contribution < -0.4 is 4.90 Å². The van der Waals surface area contributed by atoms with Gasteiger partial charge < -0.3 is 10.0 Å². The molecule has 21 heavy (non-hydrogen) atoms. The van der Waals surface area contributed by atoms with Crippen LogP contribution in [0.25, 0.3) is 5.76 Å². The third-order valence-corrected chi connectivity index (χ3v) is 2.61. The van der Waals surface area contributed by atoms with Gasteiger partial charge in [0.05, 0.1) is 0 Å². The van der Waals surface area contributed by atoms with Gasteiger partial charge in [-0.2, -0.15) is 22.0 Å². The molecule has 1 aromatic rings. The van der Waals surface area contributed by atoms with Crippen LogP contribution in [-0.2, 0) is 4.79 Å². The van der Waals surface area contributed by atoms with Gasteiger partial charge in [-0.3, -0.25) is 4.79 Å². The molecule has 0 aliphatic carbocycles. The predicted octanol–water partition coefficient (Wildman–Crippen LogP) is 3.42. The number of halogens is 5. The van der Waals surface area contributed by atoms with Crippen LogP contribution in [0.2, 0.25) is 0 Å². The highest BCUT2D eigenvalue weighted by molar-refractivity contribution is 6.00. The number of carbonyl (C=O) groups is 1. The lowest BCUT2D eigenvalue weighted by atomic mass is 10.1. The molecule has 116 valence electrons. The van der Waals surface area contributed by atoms with Crippen LogP contribution in [0.5, 0.6) is 0 Å². The van der Waals surface area contributed by atoms with Crippen LogP contribution in [0.4, 0.5) is 27.6 Å². The first-order chi connectivity index (χ1) is 9.46. The van der Waals surface area contributed by atoms with E-state index in [1.165, 1.54) is 24.3 Å². The zero-order valence-corrected chi connectivity index (χ0v) is 11.1. The first-order valence-electron chi connectivity index (χ1n) is 5.64. The van der Waals surface area contributed by atoms with Crippen molar-refractivity contribution >= 4 is 17.2 Å². The summed E-state index contributed by atoms with van der Waals surface area (Å²) in [5, 5.41) is 9.48. The number of hydrogen-bond donors (Lipinski definition) is 1. The van der Waals surface area contributed by atoms with E-state index >= 15 is 0 Å². The fourth-order valence-corrected chi connectivity index (χ4v) is 1.37. The Bertz CT molecular complexity index is 547. The van der Waals surface area contributed by atoms with Crippen LogP contribution in [0.3, 0.4) is 0 Å². The Labute approximate surface area is 117 Å². The zero-order chi connectivity index (χ0) is 16.4. The number of anilines is 1. The molecule has 0 aliphatic heterocycles. The van der Waals surface area contributed by atoms with Crippen molar-refractivity contribution in [3.8, 4) is 0 Å². The predicted molar refractivity (Wildman–Crippen MR) is 67.4 cm³/mol. The van der Waals surface area contributed by atoms with Crippen LogP contribution in [-0.4, -0.2) is 37.1 Å². The van der Waals surface area contributed by atoms with E-state index in [-0.39, 0.29) is 11.6 Å². The molecular formula is C13H12F5NO2. The number of rotatable bonds is 4. The smallest absolute Gasteiger partial charge is 0.461 e. The summed E-state index contributed by atoms with van der Waals surface area (Å²) < 4.78 is 61.4. The van der Waals surface area contributed by atoms with Crippen molar-refractivity contribution in [1.29, 1.82) is 0 Å². The summed E-state index contributed by atoms with van der Waals surface area (Å²) in [4.78, 5) is 12.7. The summed E-state index contributed by atoms with van der Waals surface area (Å²) in [7, 11) is 3.47. The highest BCUT2D eigenvalue weighted by Gasteiger charge is 2.62. The normalized spacial score (nSPS) is 13.2. The van der Waals surface area contributed by atoms with Gasteiger partial charge >= 0.3 is 12.1 Å². The summed E-state index contributed by atoms with van der Waals surface area (Å²) in [5.74, 6) is -9.02. The lowest BCUT2D eigenvalue weighted by molar-refractivity contribution is -0.266. The van der Waals surface area contributed by atoms with Gasteiger partial charge in [-0.15, -0.1) is 0 Å². The van der Waals surface area contributed by atoms with Crippen molar-refractivity contribution in [2.24, 2.45) is 0 Å². The maximum Gasteiger partial charge on any atom is 0.461 e. The number of alkyl halides is 5. The molecule has 1 rings (SSSR count). The molecule has 0 atom stereocenters. The van der Waals surface area contributed by atoms with E-state index in [1.807, 2.05) is 0 Å². The van der Waals surface area contributed by atoms with Crippen molar-refractivity contribution in [1.82, 2.24) is 0 Å². The van der Waals surface area contributed by atoms with Crippen molar-refractivity contribution < 1.29 is 31.9 Å². The number of aliphatic hydroxyl groups is 1. The highest BCUT2D eigenvalue weighted by atomic mass is 19.4. The minimum atomic E-state index is -6.00. The van der Waals surface area contributed by atoms with Gasteiger partial charge in [0.25, 0.3) is 0 Å². The summed E-state index contributed by atoms with van der Waals surface area (Å²) in [6.45, 7) is 0. The summed E-state index contributed by atoms with van der Waals surface area (Å²) in [6.07, 6.45) is -6.13. The molecule has 0 heterocycles. The molecule has 0 spiro atoms. The van der Waals surface area contributed by atoms with E-state index in [0.717, 1.165) is 5.69 Å². The average molecular weight is 309 g/mol. The molecule has 0 aromatic heterocycles. The van der Waals surface area contributed by atoms with Crippen LogP contribution in [0.15, 0.2) is 30.3 Å². The molecular weight excluding hydrogens is 297 g/mol. The maximum atomic E-state index is 12.7. The molecule has 1 N–H and O–H groups in total.